The molecule has 0 aliphatic heterocycles. The molecule has 0 N–H and O–H groups in total. The van der Waals surface area contributed by atoms with E-state index in [0.29, 0.717) is 11.4 Å². The SMILES string of the molecule is COc1ccccc1-n1c(-c2ccccc2)cnc1SCc1cc(=O)n2cccc(C)c2n1. The molecular formula is C26H22N4O2S. The van der Waals surface area contributed by atoms with Crippen molar-refractivity contribution in [3.8, 4) is 22.7 Å². The van der Waals surface area contributed by atoms with Crippen molar-refractivity contribution in [3.05, 3.63) is 107 Å². The molecule has 0 bridgehead atoms. The third-order valence-electron chi connectivity index (χ3n) is 5.41. The van der Waals surface area contributed by atoms with Crippen LogP contribution in [-0.2, 0) is 5.75 Å². The number of aromatic nitrogens is 4. The summed E-state index contributed by atoms with van der Waals surface area (Å²) in [7, 11) is 1.67. The molecule has 0 fully saturated rings. The Kier molecular flexibility index (Phi) is 5.71. The van der Waals surface area contributed by atoms with Gasteiger partial charge in [0.2, 0.25) is 0 Å². The van der Waals surface area contributed by atoms with E-state index >= 15 is 0 Å². The molecule has 7 heteroatoms. The Morgan fingerprint density at radius 1 is 1.00 bits per heavy atom. The minimum Gasteiger partial charge on any atom is -0.495 e. The van der Waals surface area contributed by atoms with Crippen LogP contribution in [-0.4, -0.2) is 26.0 Å². The fraction of sp³-hybridized carbons (Fsp3) is 0.115. The summed E-state index contributed by atoms with van der Waals surface area (Å²) in [5.41, 5.74) is 5.20. The van der Waals surface area contributed by atoms with Crippen LogP contribution in [0.4, 0.5) is 0 Å². The summed E-state index contributed by atoms with van der Waals surface area (Å²) < 4.78 is 9.31. The zero-order chi connectivity index (χ0) is 22.8. The maximum atomic E-state index is 12.6. The van der Waals surface area contributed by atoms with Gasteiger partial charge in [0.25, 0.3) is 5.56 Å². The van der Waals surface area contributed by atoms with Crippen molar-refractivity contribution in [2.75, 3.05) is 7.11 Å². The number of para-hydroxylation sites is 2. The standard InChI is InChI=1S/C26H22N4O2S/c1-18-9-8-14-29-24(31)15-20(28-25(18)29)17-33-26-27-16-22(19-10-4-3-5-11-19)30(26)21-12-6-7-13-23(21)32-2/h3-16H,17H2,1-2H3. The van der Waals surface area contributed by atoms with Gasteiger partial charge in [-0.1, -0.05) is 60.3 Å². The van der Waals surface area contributed by atoms with Gasteiger partial charge >= 0.3 is 0 Å². The molecule has 0 saturated carbocycles. The van der Waals surface area contributed by atoms with E-state index in [1.54, 1.807) is 23.8 Å². The molecule has 3 heterocycles. The van der Waals surface area contributed by atoms with Gasteiger partial charge in [0.1, 0.15) is 11.4 Å². The van der Waals surface area contributed by atoms with Gasteiger partial charge < -0.3 is 4.74 Å². The zero-order valence-corrected chi connectivity index (χ0v) is 19.1. The fourth-order valence-electron chi connectivity index (χ4n) is 3.82. The van der Waals surface area contributed by atoms with E-state index in [2.05, 4.69) is 16.7 Å². The van der Waals surface area contributed by atoms with Crippen LogP contribution in [0.2, 0.25) is 0 Å². The highest BCUT2D eigenvalue weighted by Gasteiger charge is 2.17. The van der Waals surface area contributed by atoms with Crippen molar-refractivity contribution in [2.24, 2.45) is 0 Å². The first-order valence-corrected chi connectivity index (χ1v) is 11.5. The van der Waals surface area contributed by atoms with Gasteiger partial charge in [0, 0.05) is 23.6 Å². The Balaban J connectivity index is 1.57. The summed E-state index contributed by atoms with van der Waals surface area (Å²) >= 11 is 1.54. The molecule has 0 unspecified atom stereocenters. The van der Waals surface area contributed by atoms with E-state index in [1.807, 2.05) is 67.7 Å². The lowest BCUT2D eigenvalue weighted by molar-refractivity contribution is 0.412. The van der Waals surface area contributed by atoms with Crippen molar-refractivity contribution in [3.63, 3.8) is 0 Å². The number of nitrogens with zero attached hydrogens (tertiary/aromatic N) is 4. The molecule has 0 aliphatic rings. The van der Waals surface area contributed by atoms with Crippen molar-refractivity contribution in [1.82, 2.24) is 18.9 Å². The number of hydrogen-bond donors (Lipinski definition) is 0. The van der Waals surface area contributed by atoms with Crippen molar-refractivity contribution >= 4 is 17.4 Å². The molecule has 0 atom stereocenters. The molecule has 2 aromatic carbocycles. The van der Waals surface area contributed by atoms with Crippen LogP contribution < -0.4 is 10.3 Å². The lowest BCUT2D eigenvalue weighted by Crippen LogP contribution is -2.15. The van der Waals surface area contributed by atoms with E-state index in [0.717, 1.165) is 39.1 Å². The summed E-state index contributed by atoms with van der Waals surface area (Å²) in [6, 6.07) is 23.4. The first-order valence-electron chi connectivity index (χ1n) is 10.5. The number of aryl methyl sites for hydroxylation is 1. The van der Waals surface area contributed by atoms with E-state index in [1.165, 1.54) is 11.8 Å². The number of imidazole rings is 1. The van der Waals surface area contributed by atoms with Gasteiger partial charge in [-0.3, -0.25) is 13.8 Å². The Bertz CT molecular complexity index is 1490. The van der Waals surface area contributed by atoms with Crippen LogP contribution in [0.25, 0.3) is 22.6 Å². The minimum absolute atomic E-state index is 0.0858. The maximum Gasteiger partial charge on any atom is 0.258 e. The molecule has 0 amide bonds. The first kappa shape index (κ1) is 21.0. The second-order valence-corrected chi connectivity index (χ2v) is 8.50. The molecule has 0 aliphatic carbocycles. The second kappa shape index (κ2) is 8.96. The molecule has 3 aromatic heterocycles. The summed E-state index contributed by atoms with van der Waals surface area (Å²) in [4.78, 5) is 22.1. The Morgan fingerprint density at radius 2 is 1.79 bits per heavy atom. The molecule has 5 rings (SSSR count). The van der Waals surface area contributed by atoms with Gasteiger partial charge in [0.15, 0.2) is 5.16 Å². The van der Waals surface area contributed by atoms with E-state index in [4.69, 9.17) is 14.7 Å². The number of fused-ring (bicyclic) bond motifs is 1. The van der Waals surface area contributed by atoms with E-state index in [-0.39, 0.29) is 5.56 Å². The number of ether oxygens (including phenoxy) is 1. The van der Waals surface area contributed by atoms with Gasteiger partial charge in [0.05, 0.1) is 30.4 Å². The highest BCUT2D eigenvalue weighted by atomic mass is 32.2. The molecule has 5 aromatic rings. The number of hydrogen-bond acceptors (Lipinski definition) is 5. The van der Waals surface area contributed by atoms with Crippen molar-refractivity contribution < 1.29 is 4.74 Å². The molecular weight excluding hydrogens is 432 g/mol. The lowest BCUT2D eigenvalue weighted by atomic mass is 10.1. The van der Waals surface area contributed by atoms with Gasteiger partial charge in [-0.2, -0.15) is 0 Å². The van der Waals surface area contributed by atoms with Crippen LogP contribution in [0.1, 0.15) is 11.3 Å². The van der Waals surface area contributed by atoms with Gasteiger partial charge in [-0.05, 0) is 30.7 Å². The third-order valence-corrected chi connectivity index (χ3v) is 6.40. The van der Waals surface area contributed by atoms with Crippen LogP contribution in [0.5, 0.6) is 5.75 Å². The number of methoxy groups -OCH3 is 1. The topological polar surface area (TPSA) is 61.4 Å². The minimum atomic E-state index is -0.0858. The third kappa shape index (κ3) is 4.03. The summed E-state index contributed by atoms with van der Waals surface area (Å²) in [6.45, 7) is 1.96. The Morgan fingerprint density at radius 3 is 2.61 bits per heavy atom. The van der Waals surface area contributed by atoms with Crippen molar-refractivity contribution in [1.29, 1.82) is 0 Å². The highest BCUT2D eigenvalue weighted by molar-refractivity contribution is 7.98. The molecule has 0 spiro atoms. The number of pyridine rings is 1. The molecule has 0 radical (unpaired) electrons. The quantitative estimate of drug-likeness (QED) is 0.332. The summed E-state index contributed by atoms with van der Waals surface area (Å²) in [5, 5.41) is 0.796. The van der Waals surface area contributed by atoms with Crippen LogP contribution in [0.15, 0.2) is 95.1 Å². The molecule has 0 saturated heterocycles. The van der Waals surface area contributed by atoms with E-state index in [9.17, 15) is 4.79 Å². The molecule has 33 heavy (non-hydrogen) atoms. The van der Waals surface area contributed by atoms with Crippen LogP contribution >= 0.6 is 11.8 Å². The Hall–Kier alpha value is -3.84. The Labute approximate surface area is 195 Å². The zero-order valence-electron chi connectivity index (χ0n) is 18.3. The second-order valence-electron chi connectivity index (χ2n) is 7.56. The van der Waals surface area contributed by atoms with Gasteiger partial charge in [-0.15, -0.1) is 0 Å². The largest absolute Gasteiger partial charge is 0.495 e. The fourth-order valence-corrected chi connectivity index (χ4v) is 4.70. The normalized spacial score (nSPS) is 11.1. The summed E-state index contributed by atoms with van der Waals surface area (Å²) in [6.07, 6.45) is 3.62. The smallest absolute Gasteiger partial charge is 0.258 e. The van der Waals surface area contributed by atoms with Gasteiger partial charge in [-0.25, -0.2) is 9.97 Å². The monoisotopic (exact) mass is 454 g/mol. The lowest BCUT2D eigenvalue weighted by Gasteiger charge is -2.15. The maximum absolute atomic E-state index is 12.6. The van der Waals surface area contributed by atoms with Crippen LogP contribution in [0, 0.1) is 6.92 Å². The average molecular weight is 455 g/mol. The van der Waals surface area contributed by atoms with Crippen molar-refractivity contribution in [2.45, 2.75) is 17.8 Å². The summed E-state index contributed by atoms with van der Waals surface area (Å²) in [5.74, 6) is 1.27. The highest BCUT2D eigenvalue weighted by Crippen LogP contribution is 2.34. The number of rotatable bonds is 6. The van der Waals surface area contributed by atoms with E-state index < -0.39 is 0 Å². The predicted molar refractivity (Wildman–Crippen MR) is 131 cm³/mol. The predicted octanol–water partition coefficient (Wildman–Crippen LogP) is 5.16. The number of thioether (sulfide) groups is 1. The number of benzene rings is 2. The molecule has 164 valence electrons. The molecule has 6 nitrogen and oxygen atoms in total. The average Bonchev–Trinajstić information content (AvgIpc) is 3.27. The first-order chi connectivity index (χ1) is 16.2. The van der Waals surface area contributed by atoms with Crippen LogP contribution in [0.3, 0.4) is 0 Å².